The van der Waals surface area contributed by atoms with E-state index in [0.717, 1.165) is 39.0 Å². The standard InChI is InChI=1S/C42H29NO.C34H22/c1-3-9-30(10-4-1)32-15-22-36(23-16-32)43(37-24-17-33(18-25-37)31-11-5-2-6-12-31)38-26-19-34(20-27-38)35-21-28-42-40(29-35)39-13-7-8-14-41(39)44-42;1-3-15-25-23(11-1)13-9-21-27(25)33-29-17-5-7-19-31(29)34(32-20-8-6-18-30(32)33)28-22-10-14-24-12-2-4-16-26(24)28/h1-29H;1-22H. The first-order chi connectivity index (χ1) is 38.7. The van der Waals surface area contributed by atoms with E-state index in [1.807, 2.05) is 12.1 Å². The summed E-state index contributed by atoms with van der Waals surface area (Å²) in [6.07, 6.45) is 0. The number of fused-ring (bicyclic) bond motifs is 7. The van der Waals surface area contributed by atoms with Crippen molar-refractivity contribution in [2.45, 2.75) is 0 Å². The van der Waals surface area contributed by atoms with Gasteiger partial charge in [0.1, 0.15) is 11.2 Å². The van der Waals surface area contributed by atoms with Crippen LogP contribution in [-0.2, 0) is 0 Å². The highest BCUT2D eigenvalue weighted by atomic mass is 16.3. The third kappa shape index (κ3) is 8.52. The van der Waals surface area contributed by atoms with Crippen molar-refractivity contribution in [3.05, 3.63) is 309 Å². The highest BCUT2D eigenvalue weighted by Gasteiger charge is 2.20. The molecule has 2 heteroatoms. The van der Waals surface area contributed by atoms with Gasteiger partial charge in [-0.15, -0.1) is 0 Å². The zero-order valence-electron chi connectivity index (χ0n) is 42.8. The number of para-hydroxylation sites is 1. The second kappa shape index (κ2) is 20.1. The fourth-order valence-corrected chi connectivity index (χ4v) is 11.6. The molecular formula is C76H51NO. The molecule has 78 heavy (non-hydrogen) atoms. The van der Waals surface area contributed by atoms with Gasteiger partial charge in [-0.2, -0.15) is 0 Å². The minimum Gasteiger partial charge on any atom is -0.456 e. The summed E-state index contributed by atoms with van der Waals surface area (Å²) in [4.78, 5) is 2.32. The van der Waals surface area contributed by atoms with Crippen molar-refractivity contribution in [3.8, 4) is 55.6 Å². The molecule has 0 N–H and O–H groups in total. The topological polar surface area (TPSA) is 16.4 Å². The largest absolute Gasteiger partial charge is 0.456 e. The van der Waals surface area contributed by atoms with Crippen LogP contribution in [0, 0.1) is 0 Å². The van der Waals surface area contributed by atoms with Crippen LogP contribution < -0.4 is 4.90 Å². The van der Waals surface area contributed by atoms with Crippen molar-refractivity contribution in [2.75, 3.05) is 4.90 Å². The summed E-state index contributed by atoms with van der Waals surface area (Å²) in [7, 11) is 0. The summed E-state index contributed by atoms with van der Waals surface area (Å²) in [6, 6.07) is 111. The van der Waals surface area contributed by atoms with E-state index in [9.17, 15) is 0 Å². The van der Waals surface area contributed by atoms with Gasteiger partial charge in [0.05, 0.1) is 0 Å². The maximum Gasteiger partial charge on any atom is 0.135 e. The van der Waals surface area contributed by atoms with Crippen LogP contribution in [0.2, 0.25) is 0 Å². The third-order valence-corrected chi connectivity index (χ3v) is 15.4. The van der Waals surface area contributed by atoms with E-state index < -0.39 is 0 Å². The number of furan rings is 1. The second-order valence-corrected chi connectivity index (χ2v) is 19.9. The molecule has 2 nitrogen and oxygen atoms in total. The van der Waals surface area contributed by atoms with Gasteiger partial charge in [0.15, 0.2) is 0 Å². The van der Waals surface area contributed by atoms with E-state index in [4.69, 9.17) is 4.42 Å². The molecular weight excluding hydrogens is 943 g/mol. The lowest BCUT2D eigenvalue weighted by Crippen LogP contribution is -2.09. The predicted molar refractivity (Wildman–Crippen MR) is 332 cm³/mol. The van der Waals surface area contributed by atoms with Gasteiger partial charge >= 0.3 is 0 Å². The third-order valence-electron chi connectivity index (χ3n) is 15.4. The normalized spacial score (nSPS) is 11.3. The molecule has 1 heterocycles. The quantitative estimate of drug-likeness (QED) is 0.141. The zero-order valence-corrected chi connectivity index (χ0v) is 42.8. The molecule has 0 aliphatic carbocycles. The van der Waals surface area contributed by atoms with E-state index in [1.165, 1.54) is 98.7 Å². The Labute approximate surface area is 454 Å². The van der Waals surface area contributed by atoms with E-state index in [2.05, 4.69) is 302 Å². The van der Waals surface area contributed by atoms with Gasteiger partial charge in [0.2, 0.25) is 0 Å². The number of anilines is 3. The molecule has 15 aromatic rings. The Morgan fingerprint density at radius 1 is 0.205 bits per heavy atom. The molecule has 0 fully saturated rings. The Bertz CT molecular complexity index is 4350. The first-order valence-corrected chi connectivity index (χ1v) is 26.7. The summed E-state index contributed by atoms with van der Waals surface area (Å²) in [6.45, 7) is 0. The van der Waals surface area contributed by atoms with Gasteiger partial charge in [-0.3, -0.25) is 0 Å². The Hall–Kier alpha value is -10.3. The average molecular weight is 994 g/mol. The van der Waals surface area contributed by atoms with Crippen molar-refractivity contribution >= 4 is 82.1 Å². The van der Waals surface area contributed by atoms with Crippen molar-refractivity contribution in [2.24, 2.45) is 0 Å². The molecule has 0 bridgehead atoms. The summed E-state index contributed by atoms with van der Waals surface area (Å²) in [5, 5.41) is 12.6. The molecule has 14 aromatic carbocycles. The molecule has 0 amide bonds. The van der Waals surface area contributed by atoms with Gasteiger partial charge in [-0.25, -0.2) is 0 Å². The minimum absolute atomic E-state index is 0.913. The molecule has 0 radical (unpaired) electrons. The first kappa shape index (κ1) is 46.3. The number of rotatable bonds is 8. The van der Waals surface area contributed by atoms with Gasteiger partial charge in [0, 0.05) is 27.8 Å². The number of hydrogen-bond acceptors (Lipinski definition) is 2. The monoisotopic (exact) mass is 993 g/mol. The lowest BCUT2D eigenvalue weighted by atomic mass is 9.84. The highest BCUT2D eigenvalue weighted by Crippen LogP contribution is 2.47. The van der Waals surface area contributed by atoms with Crippen molar-refractivity contribution in [1.82, 2.24) is 0 Å². The molecule has 0 saturated carbocycles. The number of nitrogens with zero attached hydrogens (tertiary/aromatic N) is 1. The molecule has 1 aromatic heterocycles. The van der Waals surface area contributed by atoms with Crippen LogP contribution in [0.15, 0.2) is 314 Å². The lowest BCUT2D eigenvalue weighted by molar-refractivity contribution is 0.669. The maximum atomic E-state index is 6.06. The molecule has 366 valence electrons. The first-order valence-electron chi connectivity index (χ1n) is 26.7. The van der Waals surface area contributed by atoms with Crippen LogP contribution in [0.4, 0.5) is 17.1 Å². The Kier molecular flexibility index (Phi) is 11.9. The van der Waals surface area contributed by atoms with Crippen LogP contribution in [0.1, 0.15) is 0 Å². The van der Waals surface area contributed by atoms with Gasteiger partial charge in [-0.1, -0.05) is 255 Å². The van der Waals surface area contributed by atoms with Gasteiger partial charge in [0.25, 0.3) is 0 Å². The van der Waals surface area contributed by atoms with Crippen LogP contribution in [0.3, 0.4) is 0 Å². The second-order valence-electron chi connectivity index (χ2n) is 19.9. The fraction of sp³-hybridized carbons (Fsp3) is 0. The number of benzene rings is 14. The molecule has 0 aliphatic rings. The Balaban J connectivity index is 0.000000146. The summed E-state index contributed by atoms with van der Waals surface area (Å²) >= 11 is 0. The summed E-state index contributed by atoms with van der Waals surface area (Å²) in [5.41, 5.74) is 17.5. The minimum atomic E-state index is 0.913. The van der Waals surface area contributed by atoms with Crippen molar-refractivity contribution < 1.29 is 4.42 Å². The van der Waals surface area contributed by atoms with Gasteiger partial charge in [-0.05, 0) is 153 Å². The fourth-order valence-electron chi connectivity index (χ4n) is 11.6. The molecule has 0 unspecified atom stereocenters. The number of hydrogen-bond donors (Lipinski definition) is 0. The molecule has 15 rings (SSSR count). The van der Waals surface area contributed by atoms with Crippen LogP contribution >= 0.6 is 0 Å². The maximum absolute atomic E-state index is 6.06. The van der Waals surface area contributed by atoms with Crippen molar-refractivity contribution in [3.63, 3.8) is 0 Å². The molecule has 0 aliphatic heterocycles. The lowest BCUT2D eigenvalue weighted by Gasteiger charge is -2.26. The smallest absolute Gasteiger partial charge is 0.135 e. The van der Waals surface area contributed by atoms with E-state index in [0.29, 0.717) is 0 Å². The van der Waals surface area contributed by atoms with Crippen molar-refractivity contribution in [1.29, 1.82) is 0 Å². The summed E-state index contributed by atoms with van der Waals surface area (Å²) in [5.74, 6) is 0. The Morgan fingerprint density at radius 3 is 0.974 bits per heavy atom. The van der Waals surface area contributed by atoms with E-state index in [-0.39, 0.29) is 0 Å². The molecule has 0 spiro atoms. The van der Waals surface area contributed by atoms with E-state index >= 15 is 0 Å². The van der Waals surface area contributed by atoms with E-state index in [1.54, 1.807) is 0 Å². The molecule has 0 atom stereocenters. The Morgan fingerprint density at radius 2 is 0.526 bits per heavy atom. The van der Waals surface area contributed by atoms with Crippen LogP contribution in [-0.4, -0.2) is 0 Å². The van der Waals surface area contributed by atoms with Crippen LogP contribution in [0.5, 0.6) is 0 Å². The van der Waals surface area contributed by atoms with Gasteiger partial charge < -0.3 is 9.32 Å². The summed E-state index contributed by atoms with van der Waals surface area (Å²) < 4.78 is 6.06. The average Bonchev–Trinajstić information content (AvgIpc) is 4.04. The van der Waals surface area contributed by atoms with Crippen LogP contribution in [0.25, 0.3) is 121 Å². The zero-order chi connectivity index (χ0) is 51.8. The SMILES string of the molecule is c1ccc(-c2ccc(N(c3ccc(-c4ccccc4)cc3)c3ccc(-c4ccc5oc6ccccc6c5c4)cc3)cc2)cc1.c1ccc2c(-c3c4ccccc4c(-c4cccc5ccccc45)c4ccccc34)cccc2c1. The molecule has 0 saturated heterocycles. The highest BCUT2D eigenvalue weighted by molar-refractivity contribution is 6.25. The predicted octanol–water partition coefficient (Wildman–Crippen LogP) is 21.7.